The van der Waals surface area contributed by atoms with E-state index in [1.807, 2.05) is 4.90 Å². The van der Waals surface area contributed by atoms with Gasteiger partial charge in [0.05, 0.1) is 36.2 Å². The molecule has 1 N–H and O–H groups in total. The highest BCUT2D eigenvalue weighted by Crippen LogP contribution is 2.33. The fourth-order valence-corrected chi connectivity index (χ4v) is 3.97. The molecule has 0 saturated heterocycles. The molecule has 2 amide bonds. The minimum absolute atomic E-state index is 0.0249. The van der Waals surface area contributed by atoms with E-state index in [1.165, 1.54) is 25.4 Å². The van der Waals surface area contributed by atoms with Crippen molar-refractivity contribution in [3.05, 3.63) is 46.7 Å². The normalized spacial score (nSPS) is 16.4. The van der Waals surface area contributed by atoms with Gasteiger partial charge in [-0.15, -0.1) is 0 Å². The number of carbonyl (C=O) groups is 2. The van der Waals surface area contributed by atoms with Gasteiger partial charge in [0.2, 0.25) is 5.88 Å². The molecule has 8 nitrogen and oxygen atoms in total. The first-order valence-corrected chi connectivity index (χ1v) is 9.51. The molecule has 0 atom stereocenters. The van der Waals surface area contributed by atoms with Gasteiger partial charge in [-0.25, -0.2) is 15.0 Å². The van der Waals surface area contributed by atoms with E-state index in [-0.39, 0.29) is 18.4 Å². The number of aromatic nitrogens is 3. The Morgan fingerprint density at radius 3 is 2.86 bits per heavy atom. The number of ether oxygens (including phenoxy) is 1. The maximum atomic E-state index is 12.9. The first-order chi connectivity index (χ1) is 13.6. The van der Waals surface area contributed by atoms with Gasteiger partial charge in [-0.2, -0.15) is 0 Å². The zero-order valence-electron chi connectivity index (χ0n) is 16.1. The summed E-state index contributed by atoms with van der Waals surface area (Å²) < 4.78 is 5.41. The van der Waals surface area contributed by atoms with Crippen molar-refractivity contribution in [1.29, 1.82) is 0 Å². The van der Waals surface area contributed by atoms with Crippen molar-refractivity contribution in [2.75, 3.05) is 7.11 Å². The molecule has 4 rings (SSSR count). The lowest BCUT2D eigenvalue weighted by molar-refractivity contribution is 0.0706. The maximum Gasteiger partial charge on any atom is 0.256 e. The minimum Gasteiger partial charge on any atom is -0.481 e. The van der Waals surface area contributed by atoms with Gasteiger partial charge in [0.15, 0.2) is 0 Å². The van der Waals surface area contributed by atoms with E-state index in [0.29, 0.717) is 40.9 Å². The van der Waals surface area contributed by atoms with Gasteiger partial charge in [-0.1, -0.05) is 12.8 Å². The van der Waals surface area contributed by atoms with E-state index in [9.17, 15) is 9.59 Å². The second-order valence-corrected chi connectivity index (χ2v) is 7.23. The van der Waals surface area contributed by atoms with Gasteiger partial charge in [-0.05, 0) is 25.8 Å². The second-order valence-electron chi connectivity index (χ2n) is 7.23. The van der Waals surface area contributed by atoms with Crippen LogP contribution in [0.15, 0.2) is 18.6 Å². The second kappa shape index (κ2) is 7.53. The molecule has 1 saturated carbocycles. The third-order valence-electron chi connectivity index (χ3n) is 5.51. The van der Waals surface area contributed by atoms with Crippen LogP contribution in [0.3, 0.4) is 0 Å². The van der Waals surface area contributed by atoms with Crippen molar-refractivity contribution < 1.29 is 14.3 Å². The third-order valence-corrected chi connectivity index (χ3v) is 5.51. The number of amides is 2. The number of methoxy groups -OCH3 is 1. The van der Waals surface area contributed by atoms with Crippen molar-refractivity contribution in [1.82, 2.24) is 25.2 Å². The lowest BCUT2D eigenvalue weighted by atomic mass is 10.1. The molecule has 146 valence electrons. The lowest BCUT2D eigenvalue weighted by Crippen LogP contribution is -2.33. The molecule has 1 aliphatic carbocycles. The Morgan fingerprint density at radius 1 is 1.36 bits per heavy atom. The van der Waals surface area contributed by atoms with E-state index < -0.39 is 0 Å². The number of rotatable bonds is 5. The first-order valence-electron chi connectivity index (χ1n) is 9.51. The van der Waals surface area contributed by atoms with Crippen LogP contribution < -0.4 is 10.1 Å². The molecule has 0 aromatic carbocycles. The van der Waals surface area contributed by atoms with Gasteiger partial charge in [0.1, 0.15) is 6.33 Å². The van der Waals surface area contributed by atoms with Crippen LogP contribution in [0.1, 0.15) is 63.4 Å². The number of aryl methyl sites for hydroxylation is 1. The van der Waals surface area contributed by atoms with E-state index in [4.69, 9.17) is 4.74 Å². The molecule has 0 unspecified atom stereocenters. The molecule has 1 aliphatic heterocycles. The van der Waals surface area contributed by atoms with Crippen molar-refractivity contribution in [3.63, 3.8) is 0 Å². The number of carbonyl (C=O) groups excluding carboxylic acids is 2. The molecular formula is C20H23N5O3. The summed E-state index contributed by atoms with van der Waals surface area (Å²) in [6, 6.07) is 2.10. The average Bonchev–Trinajstić information content (AvgIpc) is 3.34. The molecule has 8 heteroatoms. The molecule has 28 heavy (non-hydrogen) atoms. The number of fused-ring (bicyclic) bond motifs is 1. The summed E-state index contributed by atoms with van der Waals surface area (Å²) in [4.78, 5) is 39.7. The molecule has 1 fully saturated rings. The van der Waals surface area contributed by atoms with E-state index in [0.717, 1.165) is 18.5 Å². The van der Waals surface area contributed by atoms with Crippen LogP contribution in [0.5, 0.6) is 5.88 Å². The summed E-state index contributed by atoms with van der Waals surface area (Å²) in [5.41, 5.74) is 3.05. The molecule has 0 spiro atoms. The summed E-state index contributed by atoms with van der Waals surface area (Å²) in [7, 11) is 1.54. The predicted molar refractivity (Wildman–Crippen MR) is 101 cm³/mol. The largest absolute Gasteiger partial charge is 0.481 e. The topological polar surface area (TPSA) is 97.3 Å². The van der Waals surface area contributed by atoms with E-state index in [1.54, 1.807) is 20.1 Å². The quantitative estimate of drug-likeness (QED) is 0.851. The van der Waals surface area contributed by atoms with Crippen LogP contribution in [0.2, 0.25) is 0 Å². The lowest BCUT2D eigenvalue weighted by Gasteiger charge is -2.22. The summed E-state index contributed by atoms with van der Waals surface area (Å²) in [6.45, 7) is 2.49. The summed E-state index contributed by atoms with van der Waals surface area (Å²) >= 11 is 0. The first kappa shape index (κ1) is 18.3. The highest BCUT2D eigenvalue weighted by molar-refractivity contribution is 5.98. The molecule has 3 heterocycles. The van der Waals surface area contributed by atoms with Gasteiger partial charge in [-0.3, -0.25) is 9.59 Å². The third kappa shape index (κ3) is 3.30. The number of pyridine rings is 1. The van der Waals surface area contributed by atoms with Crippen LogP contribution in [-0.2, 0) is 13.1 Å². The fraction of sp³-hybridized carbons (Fsp3) is 0.450. The van der Waals surface area contributed by atoms with Gasteiger partial charge >= 0.3 is 0 Å². The van der Waals surface area contributed by atoms with E-state index >= 15 is 0 Å². The minimum atomic E-state index is -0.278. The Bertz CT molecular complexity index is 924. The number of hydrogen-bond acceptors (Lipinski definition) is 6. The SMILES string of the molecule is COc1nc2c(cc1CNC(=O)c1cncnc1C)C(=O)N(C1CCCC1)C2. The van der Waals surface area contributed by atoms with Crippen molar-refractivity contribution in [2.24, 2.45) is 0 Å². The number of nitrogens with zero attached hydrogens (tertiary/aromatic N) is 4. The monoisotopic (exact) mass is 381 g/mol. The van der Waals surface area contributed by atoms with Crippen LogP contribution in [-0.4, -0.2) is 44.8 Å². The standard InChI is InChI=1S/C20H23N5O3/c1-12-16(9-21-11-23-12)18(26)22-8-13-7-15-17(24-19(13)28-2)10-25(20(15)27)14-5-3-4-6-14/h7,9,11,14H,3-6,8,10H2,1-2H3,(H,22,26). The summed E-state index contributed by atoms with van der Waals surface area (Å²) in [5, 5.41) is 2.84. The molecule has 2 aromatic rings. The summed E-state index contributed by atoms with van der Waals surface area (Å²) in [5.74, 6) is 0.178. The Morgan fingerprint density at radius 2 is 2.14 bits per heavy atom. The Labute approximate surface area is 163 Å². The maximum absolute atomic E-state index is 12.9. The van der Waals surface area contributed by atoms with Gasteiger partial charge in [0, 0.05) is 24.3 Å². The van der Waals surface area contributed by atoms with Gasteiger partial charge in [0.25, 0.3) is 11.8 Å². The predicted octanol–water partition coefficient (Wildman–Crippen LogP) is 2.02. The highest BCUT2D eigenvalue weighted by Gasteiger charge is 2.35. The smallest absolute Gasteiger partial charge is 0.256 e. The van der Waals surface area contributed by atoms with Crippen molar-refractivity contribution >= 4 is 11.8 Å². The molecular weight excluding hydrogens is 358 g/mol. The van der Waals surface area contributed by atoms with Crippen LogP contribution in [0, 0.1) is 6.92 Å². The fourth-order valence-electron chi connectivity index (χ4n) is 3.97. The highest BCUT2D eigenvalue weighted by atomic mass is 16.5. The zero-order chi connectivity index (χ0) is 19.7. The molecule has 2 aliphatic rings. The number of nitrogens with one attached hydrogen (secondary N) is 1. The molecule has 0 radical (unpaired) electrons. The zero-order valence-corrected chi connectivity index (χ0v) is 16.1. The average molecular weight is 381 g/mol. The Kier molecular flexibility index (Phi) is 4.93. The number of hydrogen-bond donors (Lipinski definition) is 1. The van der Waals surface area contributed by atoms with Crippen LogP contribution in [0.4, 0.5) is 0 Å². The van der Waals surface area contributed by atoms with Crippen LogP contribution >= 0.6 is 0 Å². The van der Waals surface area contributed by atoms with Crippen molar-refractivity contribution in [3.8, 4) is 5.88 Å². The summed E-state index contributed by atoms with van der Waals surface area (Å²) in [6.07, 6.45) is 7.33. The Balaban J connectivity index is 1.53. The van der Waals surface area contributed by atoms with Crippen molar-refractivity contribution in [2.45, 2.75) is 51.7 Å². The molecule has 2 aromatic heterocycles. The van der Waals surface area contributed by atoms with E-state index in [2.05, 4.69) is 20.3 Å². The Hall–Kier alpha value is -3.03. The van der Waals surface area contributed by atoms with Gasteiger partial charge < -0.3 is 15.0 Å². The molecule has 0 bridgehead atoms. The van der Waals surface area contributed by atoms with Crippen LogP contribution in [0.25, 0.3) is 0 Å².